The molecule has 26 heavy (non-hydrogen) atoms. The van der Waals surface area contributed by atoms with Crippen LogP contribution in [0.4, 0.5) is 5.13 Å². The van der Waals surface area contributed by atoms with Gasteiger partial charge in [-0.25, -0.2) is 9.78 Å². The lowest BCUT2D eigenvalue weighted by atomic mass is 10.2. The quantitative estimate of drug-likeness (QED) is 0.445. The Balaban J connectivity index is 2.02. The Kier molecular flexibility index (Phi) is 7.44. The maximum absolute atomic E-state index is 12.2. The predicted molar refractivity (Wildman–Crippen MR) is 102 cm³/mol. The second-order valence-corrected chi connectivity index (χ2v) is 7.91. The molecule has 1 aromatic rings. The second-order valence-electron chi connectivity index (χ2n) is 5.84. The van der Waals surface area contributed by atoms with Crippen molar-refractivity contribution in [1.82, 2.24) is 15.2 Å². The number of likely N-dealkylation sites (N-methyl/N-ethyl adjacent to an activating group) is 1. The van der Waals surface area contributed by atoms with E-state index in [0.717, 1.165) is 25.2 Å². The first-order valence-corrected chi connectivity index (χ1v) is 10.2. The van der Waals surface area contributed by atoms with E-state index in [9.17, 15) is 20.0 Å². The summed E-state index contributed by atoms with van der Waals surface area (Å²) in [5.74, 6) is -1.23. The molecule has 0 radical (unpaired) electrons. The van der Waals surface area contributed by atoms with Gasteiger partial charge >= 0.3 is 5.97 Å². The number of hydrogen-bond donors (Lipinski definition) is 3. The third-order valence-corrected chi connectivity index (χ3v) is 5.50. The lowest BCUT2D eigenvalue weighted by Gasteiger charge is -2.20. The first kappa shape index (κ1) is 20.2. The number of aromatic nitrogens is 1. The summed E-state index contributed by atoms with van der Waals surface area (Å²) in [6.07, 6.45) is 4.30. The normalized spacial score (nSPS) is 15.7. The zero-order valence-corrected chi connectivity index (χ0v) is 16.2. The number of carboxylic acid groups (broad SMARTS) is 1. The Morgan fingerprint density at radius 3 is 3.00 bits per heavy atom. The van der Waals surface area contributed by atoms with Crippen LogP contribution in [-0.2, 0) is 22.6 Å². The van der Waals surface area contributed by atoms with Crippen molar-refractivity contribution in [3.8, 4) is 6.07 Å². The number of fused-ring (bicyclic) bond motifs is 1. The van der Waals surface area contributed by atoms with Crippen molar-refractivity contribution >= 4 is 40.1 Å². The van der Waals surface area contributed by atoms with Crippen LogP contribution in [0.5, 0.6) is 0 Å². The minimum Gasteiger partial charge on any atom is -0.480 e. The van der Waals surface area contributed by atoms with Gasteiger partial charge in [0.2, 0.25) is 0 Å². The SMILES string of the molecule is CSCCC(NC(=O)/C(C#N)=C\Nc1nc2c(s1)CN(C)CC2)C(=O)O. The lowest BCUT2D eigenvalue weighted by molar-refractivity contribution is -0.141. The lowest BCUT2D eigenvalue weighted by Crippen LogP contribution is -2.41. The van der Waals surface area contributed by atoms with Gasteiger partial charge in [0.15, 0.2) is 5.13 Å². The van der Waals surface area contributed by atoms with Crippen LogP contribution >= 0.6 is 23.1 Å². The first-order chi connectivity index (χ1) is 12.4. The molecule has 0 fully saturated rings. The van der Waals surface area contributed by atoms with Crippen molar-refractivity contribution < 1.29 is 14.7 Å². The van der Waals surface area contributed by atoms with Gasteiger partial charge in [0.25, 0.3) is 5.91 Å². The molecule has 0 aromatic carbocycles. The maximum Gasteiger partial charge on any atom is 0.326 e. The van der Waals surface area contributed by atoms with Crippen LogP contribution in [0.1, 0.15) is 17.0 Å². The fraction of sp³-hybridized carbons (Fsp3) is 0.500. The van der Waals surface area contributed by atoms with E-state index in [2.05, 4.69) is 20.5 Å². The van der Waals surface area contributed by atoms with Crippen LogP contribution in [0.2, 0.25) is 0 Å². The molecule has 10 heteroatoms. The van der Waals surface area contributed by atoms with Crippen molar-refractivity contribution in [3.05, 3.63) is 22.3 Å². The van der Waals surface area contributed by atoms with E-state index in [1.807, 2.05) is 13.3 Å². The topological polar surface area (TPSA) is 118 Å². The van der Waals surface area contributed by atoms with Gasteiger partial charge in [-0.05, 0) is 25.5 Å². The summed E-state index contributed by atoms with van der Waals surface area (Å²) in [4.78, 5) is 31.2. The highest BCUT2D eigenvalue weighted by atomic mass is 32.2. The van der Waals surface area contributed by atoms with E-state index >= 15 is 0 Å². The number of rotatable bonds is 8. The number of amides is 1. The number of anilines is 1. The molecular weight excluding hydrogens is 374 g/mol. The summed E-state index contributed by atoms with van der Waals surface area (Å²) in [6, 6.07) is 0.779. The standard InChI is InChI=1S/C16H21N5O3S2/c1-21-5-3-11-13(9-21)26-16(20-11)18-8-10(7-17)14(22)19-12(15(23)24)4-6-25-2/h8,12H,3-6,9H2,1-2H3,(H,18,20)(H,19,22)(H,23,24)/b10-8-. The number of carbonyl (C=O) groups excluding carboxylic acids is 1. The largest absolute Gasteiger partial charge is 0.480 e. The predicted octanol–water partition coefficient (Wildman–Crippen LogP) is 1.27. The van der Waals surface area contributed by atoms with Gasteiger partial charge < -0.3 is 20.6 Å². The summed E-state index contributed by atoms with van der Waals surface area (Å²) in [6.45, 7) is 1.78. The molecule has 2 heterocycles. The molecule has 0 bridgehead atoms. The summed E-state index contributed by atoms with van der Waals surface area (Å²) in [5.41, 5.74) is 0.848. The van der Waals surface area contributed by atoms with Gasteiger partial charge in [-0.15, -0.1) is 11.3 Å². The second kappa shape index (κ2) is 9.56. The zero-order valence-electron chi connectivity index (χ0n) is 14.6. The van der Waals surface area contributed by atoms with E-state index in [-0.39, 0.29) is 5.57 Å². The number of carbonyl (C=O) groups is 2. The van der Waals surface area contributed by atoms with Crippen molar-refractivity contribution in [2.75, 3.05) is 30.9 Å². The molecule has 1 amide bonds. The van der Waals surface area contributed by atoms with Crippen LogP contribution in [0.25, 0.3) is 0 Å². The number of thioether (sulfide) groups is 1. The average molecular weight is 396 g/mol. The molecule has 140 valence electrons. The Bertz CT molecular complexity index is 741. The Labute approximate surface area is 160 Å². The molecule has 0 aliphatic carbocycles. The molecule has 1 aliphatic rings. The van der Waals surface area contributed by atoms with Gasteiger partial charge in [-0.1, -0.05) is 0 Å². The number of aliphatic carboxylic acids is 1. The van der Waals surface area contributed by atoms with Gasteiger partial charge in [-0.2, -0.15) is 17.0 Å². The minimum absolute atomic E-state index is 0.189. The van der Waals surface area contributed by atoms with E-state index in [1.54, 1.807) is 6.07 Å². The number of nitrogens with one attached hydrogen (secondary N) is 2. The summed E-state index contributed by atoms with van der Waals surface area (Å²) in [7, 11) is 2.05. The molecule has 1 atom stereocenters. The Morgan fingerprint density at radius 1 is 1.58 bits per heavy atom. The summed E-state index contributed by atoms with van der Waals surface area (Å²) in [5, 5.41) is 24.3. The number of nitriles is 1. The van der Waals surface area contributed by atoms with E-state index in [1.165, 1.54) is 34.2 Å². The molecular formula is C16H21N5O3S2. The van der Waals surface area contributed by atoms with Gasteiger partial charge in [0.05, 0.1) is 5.69 Å². The smallest absolute Gasteiger partial charge is 0.326 e. The van der Waals surface area contributed by atoms with Crippen molar-refractivity contribution in [2.45, 2.75) is 25.4 Å². The fourth-order valence-corrected chi connectivity index (χ4v) is 3.93. The number of thiazole rings is 1. The van der Waals surface area contributed by atoms with E-state index in [0.29, 0.717) is 17.3 Å². The van der Waals surface area contributed by atoms with Crippen LogP contribution in [0.3, 0.4) is 0 Å². The highest BCUT2D eigenvalue weighted by molar-refractivity contribution is 7.98. The highest BCUT2D eigenvalue weighted by Crippen LogP contribution is 2.27. The van der Waals surface area contributed by atoms with Crippen molar-refractivity contribution in [2.24, 2.45) is 0 Å². The molecule has 1 aliphatic heterocycles. The first-order valence-electron chi connectivity index (χ1n) is 8.01. The molecule has 2 rings (SSSR count). The van der Waals surface area contributed by atoms with E-state index in [4.69, 9.17) is 0 Å². The van der Waals surface area contributed by atoms with Crippen molar-refractivity contribution in [3.63, 3.8) is 0 Å². The van der Waals surface area contributed by atoms with Crippen LogP contribution < -0.4 is 10.6 Å². The maximum atomic E-state index is 12.2. The minimum atomic E-state index is -1.12. The molecule has 8 nitrogen and oxygen atoms in total. The van der Waals surface area contributed by atoms with Gasteiger partial charge in [0, 0.05) is 30.6 Å². The van der Waals surface area contributed by atoms with Gasteiger partial charge in [-0.3, -0.25) is 4.79 Å². The number of nitrogens with zero attached hydrogens (tertiary/aromatic N) is 3. The number of carboxylic acids is 1. The van der Waals surface area contributed by atoms with Crippen LogP contribution in [0, 0.1) is 11.3 Å². The Morgan fingerprint density at radius 2 is 2.35 bits per heavy atom. The molecule has 1 unspecified atom stereocenters. The number of hydrogen-bond acceptors (Lipinski definition) is 8. The van der Waals surface area contributed by atoms with E-state index < -0.39 is 17.9 Å². The molecule has 0 spiro atoms. The van der Waals surface area contributed by atoms with Gasteiger partial charge in [0.1, 0.15) is 17.7 Å². The highest BCUT2D eigenvalue weighted by Gasteiger charge is 2.22. The fourth-order valence-electron chi connectivity index (χ4n) is 2.40. The zero-order chi connectivity index (χ0) is 19.1. The molecule has 0 saturated carbocycles. The third kappa shape index (κ3) is 5.45. The molecule has 1 aromatic heterocycles. The average Bonchev–Trinajstić information content (AvgIpc) is 3.00. The summed E-state index contributed by atoms with van der Waals surface area (Å²) >= 11 is 2.98. The molecule has 3 N–H and O–H groups in total. The summed E-state index contributed by atoms with van der Waals surface area (Å²) < 4.78 is 0. The van der Waals surface area contributed by atoms with Crippen molar-refractivity contribution in [1.29, 1.82) is 5.26 Å². The Hall–Kier alpha value is -2.09. The monoisotopic (exact) mass is 395 g/mol. The van der Waals surface area contributed by atoms with Crippen LogP contribution in [-0.4, -0.2) is 58.5 Å². The molecule has 0 saturated heterocycles. The third-order valence-electron chi connectivity index (χ3n) is 3.84. The van der Waals surface area contributed by atoms with Crippen LogP contribution in [0.15, 0.2) is 11.8 Å².